The molecule has 20 heavy (non-hydrogen) atoms. The number of halogens is 1. The maximum Gasteiger partial charge on any atom is 0.157 e. The summed E-state index contributed by atoms with van der Waals surface area (Å²) in [6.07, 6.45) is 3.59. The first-order chi connectivity index (χ1) is 9.40. The van der Waals surface area contributed by atoms with E-state index < -0.39 is 0 Å². The van der Waals surface area contributed by atoms with Gasteiger partial charge in [-0.15, -0.1) is 0 Å². The van der Waals surface area contributed by atoms with Gasteiger partial charge in [-0.1, -0.05) is 18.5 Å². The van der Waals surface area contributed by atoms with E-state index in [9.17, 15) is 4.79 Å². The highest BCUT2D eigenvalue weighted by Crippen LogP contribution is 2.29. The lowest BCUT2D eigenvalue weighted by Gasteiger charge is -2.36. The number of aryl methyl sites for hydroxylation is 2. The highest BCUT2D eigenvalue weighted by Gasteiger charge is 2.39. The van der Waals surface area contributed by atoms with Gasteiger partial charge in [0.1, 0.15) is 5.15 Å². The molecule has 0 bridgehead atoms. The highest BCUT2D eigenvalue weighted by atomic mass is 35.5. The normalized spacial score (nSPS) is 19.2. The van der Waals surface area contributed by atoms with Gasteiger partial charge < -0.3 is 0 Å². The number of rotatable bonds is 5. The molecule has 4 nitrogen and oxygen atoms in total. The second-order valence-electron chi connectivity index (χ2n) is 5.90. The van der Waals surface area contributed by atoms with Crippen LogP contribution in [0.1, 0.15) is 44.4 Å². The van der Waals surface area contributed by atoms with Gasteiger partial charge in [-0.2, -0.15) is 5.10 Å². The molecule has 1 atom stereocenters. The number of hydrogen-bond acceptors (Lipinski definition) is 3. The predicted molar refractivity (Wildman–Crippen MR) is 81.2 cm³/mol. The molecule has 2 rings (SSSR count). The van der Waals surface area contributed by atoms with Gasteiger partial charge in [0.2, 0.25) is 0 Å². The highest BCUT2D eigenvalue weighted by molar-refractivity contribution is 6.30. The van der Waals surface area contributed by atoms with Gasteiger partial charge in [-0.05, 0) is 46.2 Å². The molecule has 1 aromatic heterocycles. The van der Waals surface area contributed by atoms with E-state index in [4.69, 9.17) is 11.6 Å². The molecule has 1 fully saturated rings. The minimum atomic E-state index is -0.373. The SMILES string of the molecule is CCC(C)(C(=O)Cc1c(C)nn(C)c1Cl)N1CCCC1. The van der Waals surface area contributed by atoms with E-state index in [-0.39, 0.29) is 11.3 Å². The van der Waals surface area contributed by atoms with Crippen molar-refractivity contribution in [2.75, 3.05) is 13.1 Å². The van der Waals surface area contributed by atoms with Crippen molar-refractivity contribution < 1.29 is 4.79 Å². The molecule has 0 spiro atoms. The lowest BCUT2D eigenvalue weighted by atomic mass is 9.87. The molecular weight excluding hydrogens is 274 g/mol. The van der Waals surface area contributed by atoms with E-state index in [1.54, 1.807) is 4.68 Å². The second kappa shape index (κ2) is 5.86. The summed E-state index contributed by atoms with van der Waals surface area (Å²) in [5, 5.41) is 4.87. The zero-order valence-corrected chi connectivity index (χ0v) is 13.6. The summed E-state index contributed by atoms with van der Waals surface area (Å²) in [5.74, 6) is 0.250. The maximum atomic E-state index is 12.8. The number of carbonyl (C=O) groups excluding carboxylic acids is 1. The van der Waals surface area contributed by atoms with E-state index in [0.717, 1.165) is 30.8 Å². The molecule has 1 aliphatic rings. The van der Waals surface area contributed by atoms with Crippen molar-refractivity contribution in [3.8, 4) is 0 Å². The molecule has 0 N–H and O–H groups in total. The van der Waals surface area contributed by atoms with Crippen LogP contribution in [-0.2, 0) is 18.3 Å². The van der Waals surface area contributed by atoms with Crippen LogP contribution in [0, 0.1) is 6.92 Å². The van der Waals surface area contributed by atoms with Crippen molar-refractivity contribution in [1.29, 1.82) is 0 Å². The summed E-state index contributed by atoms with van der Waals surface area (Å²) >= 11 is 6.25. The molecule has 0 saturated carbocycles. The average Bonchev–Trinajstić information content (AvgIpc) is 3.03. The van der Waals surface area contributed by atoms with Gasteiger partial charge in [0.25, 0.3) is 0 Å². The number of likely N-dealkylation sites (tertiary alicyclic amines) is 1. The Morgan fingerprint density at radius 1 is 1.40 bits per heavy atom. The Hall–Kier alpha value is -0.870. The molecule has 1 aromatic rings. The zero-order valence-electron chi connectivity index (χ0n) is 12.9. The van der Waals surface area contributed by atoms with Gasteiger partial charge in [-0.3, -0.25) is 14.4 Å². The summed E-state index contributed by atoms with van der Waals surface area (Å²) in [5.41, 5.74) is 1.35. The average molecular weight is 298 g/mol. The lowest BCUT2D eigenvalue weighted by Crippen LogP contribution is -2.51. The van der Waals surface area contributed by atoms with Crippen LogP contribution in [0.15, 0.2) is 0 Å². The summed E-state index contributed by atoms with van der Waals surface area (Å²) in [4.78, 5) is 15.2. The fraction of sp³-hybridized carbons (Fsp3) is 0.733. The summed E-state index contributed by atoms with van der Waals surface area (Å²) in [7, 11) is 1.81. The van der Waals surface area contributed by atoms with Crippen LogP contribution < -0.4 is 0 Å². The Labute approximate surface area is 126 Å². The van der Waals surface area contributed by atoms with Crippen LogP contribution in [-0.4, -0.2) is 39.1 Å². The molecule has 1 saturated heterocycles. The van der Waals surface area contributed by atoms with Crippen molar-refractivity contribution in [2.45, 2.75) is 52.0 Å². The monoisotopic (exact) mass is 297 g/mol. The van der Waals surface area contributed by atoms with Gasteiger partial charge >= 0.3 is 0 Å². The van der Waals surface area contributed by atoms with Crippen molar-refractivity contribution in [1.82, 2.24) is 14.7 Å². The van der Waals surface area contributed by atoms with Gasteiger partial charge in [0.05, 0.1) is 11.2 Å². The van der Waals surface area contributed by atoms with Gasteiger partial charge in [0.15, 0.2) is 5.78 Å². The molecule has 1 aliphatic heterocycles. The summed E-state index contributed by atoms with van der Waals surface area (Å²) in [6.45, 7) is 8.12. The number of nitrogens with zero attached hydrogens (tertiary/aromatic N) is 3. The van der Waals surface area contributed by atoms with Crippen LogP contribution in [0.3, 0.4) is 0 Å². The first-order valence-electron chi connectivity index (χ1n) is 7.36. The number of hydrogen-bond donors (Lipinski definition) is 0. The molecule has 5 heteroatoms. The third-order valence-electron chi connectivity index (χ3n) is 4.70. The molecule has 0 aromatic carbocycles. The van der Waals surface area contributed by atoms with Crippen LogP contribution in [0.4, 0.5) is 0 Å². The maximum absolute atomic E-state index is 12.8. The molecular formula is C15H24ClN3O. The number of Topliss-reactive ketones (excluding diaryl/α,β-unsaturated/α-hetero) is 1. The predicted octanol–water partition coefficient (Wildman–Crippen LogP) is 2.76. The van der Waals surface area contributed by atoms with Crippen molar-refractivity contribution in [3.63, 3.8) is 0 Å². The Morgan fingerprint density at radius 3 is 2.45 bits per heavy atom. The fourth-order valence-electron chi connectivity index (χ4n) is 3.03. The largest absolute Gasteiger partial charge is 0.297 e. The Bertz CT molecular complexity index is 505. The third-order valence-corrected chi connectivity index (χ3v) is 5.17. The summed E-state index contributed by atoms with van der Waals surface area (Å²) in [6, 6.07) is 0. The standard InChI is InChI=1S/C15H24ClN3O/c1-5-15(3,19-8-6-7-9-19)13(20)10-12-11(2)17-18(4)14(12)16/h5-10H2,1-4H3. The molecule has 112 valence electrons. The minimum absolute atomic E-state index is 0.250. The molecule has 0 amide bonds. The van der Waals surface area contributed by atoms with Crippen LogP contribution in [0.2, 0.25) is 5.15 Å². The number of carbonyl (C=O) groups is 1. The molecule has 0 aliphatic carbocycles. The quantitative estimate of drug-likeness (QED) is 0.839. The topological polar surface area (TPSA) is 38.1 Å². The van der Waals surface area contributed by atoms with Crippen molar-refractivity contribution >= 4 is 17.4 Å². The second-order valence-corrected chi connectivity index (χ2v) is 6.26. The Morgan fingerprint density at radius 2 is 2.00 bits per heavy atom. The van der Waals surface area contributed by atoms with Crippen molar-refractivity contribution in [2.24, 2.45) is 7.05 Å². The van der Waals surface area contributed by atoms with Gasteiger partial charge in [0, 0.05) is 19.0 Å². The van der Waals surface area contributed by atoms with Crippen LogP contribution in [0.25, 0.3) is 0 Å². The summed E-state index contributed by atoms with van der Waals surface area (Å²) < 4.78 is 1.64. The number of ketones is 1. The van der Waals surface area contributed by atoms with Gasteiger partial charge in [-0.25, -0.2) is 0 Å². The van der Waals surface area contributed by atoms with E-state index >= 15 is 0 Å². The first kappa shape index (κ1) is 15.5. The molecule has 2 heterocycles. The minimum Gasteiger partial charge on any atom is -0.297 e. The smallest absolute Gasteiger partial charge is 0.157 e. The van der Waals surface area contributed by atoms with E-state index in [1.165, 1.54) is 12.8 Å². The lowest BCUT2D eigenvalue weighted by molar-refractivity contribution is -0.129. The van der Waals surface area contributed by atoms with E-state index in [2.05, 4.69) is 23.8 Å². The first-order valence-corrected chi connectivity index (χ1v) is 7.74. The Balaban J connectivity index is 2.21. The van der Waals surface area contributed by atoms with Crippen LogP contribution >= 0.6 is 11.6 Å². The van der Waals surface area contributed by atoms with Crippen LogP contribution in [0.5, 0.6) is 0 Å². The number of aromatic nitrogens is 2. The van der Waals surface area contributed by atoms with Crippen molar-refractivity contribution in [3.05, 3.63) is 16.4 Å². The third kappa shape index (κ3) is 2.63. The Kier molecular flexibility index (Phi) is 4.55. The van der Waals surface area contributed by atoms with E-state index in [0.29, 0.717) is 11.6 Å². The zero-order chi connectivity index (χ0) is 14.9. The molecule has 0 radical (unpaired) electrons. The van der Waals surface area contributed by atoms with E-state index in [1.807, 2.05) is 14.0 Å². The molecule has 1 unspecified atom stereocenters. The fourth-order valence-corrected chi connectivity index (χ4v) is 3.27.